The molecule has 9 heteroatoms. The Bertz CT molecular complexity index is 621. The molecule has 2 heterocycles. The first kappa shape index (κ1) is 17.2. The van der Waals surface area contributed by atoms with Crippen molar-refractivity contribution < 1.29 is 19.2 Å². The highest BCUT2D eigenvalue weighted by molar-refractivity contribution is 5.64. The summed E-state index contributed by atoms with van der Waals surface area (Å²) in [5.41, 5.74) is 3.87. The standard InChI is InChI=1S/C14H22N4O5/c1-13(2,3)14(7-9(5-6-22-14)23-12(15)19)11-10(18(20)21)8-16-17(11)4/h8-9H,5-7H2,1-4H3,(H2,15,19). The van der Waals surface area contributed by atoms with Crippen molar-refractivity contribution in [2.24, 2.45) is 18.2 Å². The smallest absolute Gasteiger partial charge is 0.404 e. The molecule has 0 saturated carbocycles. The van der Waals surface area contributed by atoms with Crippen LogP contribution in [0.3, 0.4) is 0 Å². The van der Waals surface area contributed by atoms with Crippen molar-refractivity contribution in [3.63, 3.8) is 0 Å². The molecule has 1 saturated heterocycles. The maximum absolute atomic E-state index is 11.4. The van der Waals surface area contributed by atoms with E-state index in [1.165, 1.54) is 10.9 Å². The number of aryl methyl sites for hydroxylation is 1. The van der Waals surface area contributed by atoms with Crippen LogP contribution in [0.25, 0.3) is 0 Å². The molecule has 2 atom stereocenters. The van der Waals surface area contributed by atoms with Gasteiger partial charge in [-0.05, 0) is 5.41 Å². The van der Waals surface area contributed by atoms with Crippen LogP contribution in [-0.4, -0.2) is 33.5 Å². The highest BCUT2D eigenvalue weighted by atomic mass is 16.6. The Kier molecular flexibility index (Phi) is 4.34. The van der Waals surface area contributed by atoms with Crippen LogP contribution in [0.5, 0.6) is 0 Å². The summed E-state index contributed by atoms with van der Waals surface area (Å²) < 4.78 is 12.7. The molecule has 1 aliphatic heterocycles. The topological polar surface area (TPSA) is 123 Å². The average molecular weight is 326 g/mol. The predicted octanol–water partition coefficient (Wildman–Crippen LogP) is 1.84. The lowest BCUT2D eigenvalue weighted by molar-refractivity contribution is -0.387. The fraction of sp³-hybridized carbons (Fsp3) is 0.714. The molecular formula is C14H22N4O5. The monoisotopic (exact) mass is 326 g/mol. The number of primary amides is 1. The van der Waals surface area contributed by atoms with Crippen LogP contribution >= 0.6 is 0 Å². The van der Waals surface area contributed by atoms with Gasteiger partial charge >= 0.3 is 11.8 Å². The third-order valence-electron chi connectivity index (χ3n) is 4.30. The lowest BCUT2D eigenvalue weighted by atomic mass is 9.69. The summed E-state index contributed by atoms with van der Waals surface area (Å²) in [5, 5.41) is 15.4. The predicted molar refractivity (Wildman–Crippen MR) is 80.6 cm³/mol. The Morgan fingerprint density at radius 2 is 2.26 bits per heavy atom. The third-order valence-corrected chi connectivity index (χ3v) is 4.30. The Labute approximate surface area is 133 Å². The Morgan fingerprint density at radius 3 is 2.78 bits per heavy atom. The number of hydrogen-bond donors (Lipinski definition) is 1. The van der Waals surface area contributed by atoms with Gasteiger partial charge in [-0.3, -0.25) is 14.8 Å². The first-order valence-electron chi connectivity index (χ1n) is 7.35. The van der Waals surface area contributed by atoms with Gasteiger partial charge in [0.05, 0.1) is 11.5 Å². The minimum atomic E-state index is -1.01. The summed E-state index contributed by atoms with van der Waals surface area (Å²) in [5.74, 6) is 0. The largest absolute Gasteiger partial charge is 0.446 e. The average Bonchev–Trinajstić information content (AvgIpc) is 2.79. The van der Waals surface area contributed by atoms with E-state index in [0.29, 0.717) is 18.7 Å². The first-order valence-corrected chi connectivity index (χ1v) is 7.35. The second-order valence-electron chi connectivity index (χ2n) is 6.74. The molecule has 0 spiro atoms. The van der Waals surface area contributed by atoms with E-state index in [-0.39, 0.29) is 12.1 Å². The van der Waals surface area contributed by atoms with Gasteiger partial charge in [0.1, 0.15) is 23.6 Å². The molecule has 0 radical (unpaired) electrons. The number of nitrogens with zero attached hydrogens (tertiary/aromatic N) is 3. The van der Waals surface area contributed by atoms with Crippen molar-refractivity contribution >= 4 is 11.8 Å². The van der Waals surface area contributed by atoms with Crippen molar-refractivity contribution in [1.82, 2.24) is 9.78 Å². The zero-order valence-electron chi connectivity index (χ0n) is 13.7. The summed E-state index contributed by atoms with van der Waals surface area (Å²) in [4.78, 5) is 22.0. The number of nitrogens with two attached hydrogens (primary N) is 1. The third kappa shape index (κ3) is 3.00. The second-order valence-corrected chi connectivity index (χ2v) is 6.74. The second kappa shape index (κ2) is 5.80. The van der Waals surface area contributed by atoms with E-state index in [9.17, 15) is 14.9 Å². The Hall–Kier alpha value is -2.16. The highest BCUT2D eigenvalue weighted by Crippen LogP contribution is 2.51. The molecule has 128 valence electrons. The minimum absolute atomic E-state index is 0.109. The number of carbonyl (C=O) groups excluding carboxylic acids is 1. The van der Waals surface area contributed by atoms with Crippen molar-refractivity contribution in [2.45, 2.75) is 45.3 Å². The molecule has 1 aliphatic rings. The van der Waals surface area contributed by atoms with E-state index < -0.39 is 28.1 Å². The van der Waals surface area contributed by atoms with E-state index >= 15 is 0 Å². The van der Waals surface area contributed by atoms with Crippen LogP contribution in [0.1, 0.15) is 39.3 Å². The summed E-state index contributed by atoms with van der Waals surface area (Å²) in [6.07, 6.45) is 0.658. The molecule has 0 aromatic carbocycles. The van der Waals surface area contributed by atoms with Crippen molar-refractivity contribution in [2.75, 3.05) is 6.61 Å². The van der Waals surface area contributed by atoms with Crippen LogP contribution < -0.4 is 5.73 Å². The lowest BCUT2D eigenvalue weighted by Gasteiger charge is -2.48. The molecule has 2 rings (SSSR count). The lowest BCUT2D eigenvalue weighted by Crippen LogP contribution is -2.51. The summed E-state index contributed by atoms with van der Waals surface area (Å²) in [7, 11) is 1.64. The van der Waals surface area contributed by atoms with Crippen LogP contribution in [-0.2, 0) is 22.1 Å². The molecule has 2 unspecified atom stereocenters. The quantitative estimate of drug-likeness (QED) is 0.668. The molecule has 1 fully saturated rings. The molecule has 1 aromatic heterocycles. The number of amides is 1. The van der Waals surface area contributed by atoms with Crippen LogP contribution in [0.15, 0.2) is 6.20 Å². The van der Waals surface area contributed by atoms with E-state index in [0.717, 1.165) is 0 Å². The van der Waals surface area contributed by atoms with Gasteiger partial charge in [-0.15, -0.1) is 0 Å². The van der Waals surface area contributed by atoms with E-state index in [4.69, 9.17) is 15.2 Å². The summed E-state index contributed by atoms with van der Waals surface area (Å²) in [6.45, 7) is 6.08. The SMILES string of the molecule is Cn1ncc([N+](=O)[O-])c1C1(C(C)(C)C)CC(OC(N)=O)CCO1. The number of aromatic nitrogens is 2. The van der Waals surface area contributed by atoms with E-state index in [2.05, 4.69) is 5.10 Å². The van der Waals surface area contributed by atoms with Crippen LogP contribution in [0, 0.1) is 15.5 Å². The van der Waals surface area contributed by atoms with Crippen molar-refractivity contribution in [3.05, 3.63) is 22.0 Å². The molecule has 2 N–H and O–H groups in total. The molecule has 23 heavy (non-hydrogen) atoms. The molecular weight excluding hydrogens is 304 g/mol. The first-order chi connectivity index (χ1) is 10.6. The number of carbonyl (C=O) groups is 1. The number of nitro groups is 1. The van der Waals surface area contributed by atoms with Crippen LogP contribution in [0.2, 0.25) is 0 Å². The van der Waals surface area contributed by atoms with Gasteiger partial charge in [0.25, 0.3) is 0 Å². The fourth-order valence-electron chi connectivity index (χ4n) is 3.18. The number of ether oxygens (including phenoxy) is 2. The molecule has 0 aliphatic carbocycles. The minimum Gasteiger partial charge on any atom is -0.446 e. The zero-order chi connectivity index (χ0) is 17.4. The zero-order valence-corrected chi connectivity index (χ0v) is 13.7. The summed E-state index contributed by atoms with van der Waals surface area (Å²) >= 11 is 0. The van der Waals surface area contributed by atoms with Gasteiger partial charge in [-0.1, -0.05) is 20.8 Å². The van der Waals surface area contributed by atoms with Gasteiger partial charge in [0.15, 0.2) is 0 Å². The maximum Gasteiger partial charge on any atom is 0.404 e. The van der Waals surface area contributed by atoms with Gasteiger partial charge in [-0.25, -0.2) is 4.79 Å². The molecule has 1 aromatic rings. The van der Waals surface area contributed by atoms with E-state index in [1.54, 1.807) is 7.05 Å². The van der Waals surface area contributed by atoms with Gasteiger partial charge in [0.2, 0.25) is 0 Å². The highest BCUT2D eigenvalue weighted by Gasteiger charge is 2.54. The van der Waals surface area contributed by atoms with Crippen molar-refractivity contribution in [3.8, 4) is 0 Å². The Balaban J connectivity index is 2.56. The summed E-state index contributed by atoms with van der Waals surface area (Å²) in [6, 6.07) is 0. The molecule has 1 amide bonds. The maximum atomic E-state index is 11.4. The van der Waals surface area contributed by atoms with Gasteiger partial charge in [-0.2, -0.15) is 5.10 Å². The van der Waals surface area contributed by atoms with Gasteiger partial charge in [0, 0.05) is 19.9 Å². The number of hydrogen-bond acceptors (Lipinski definition) is 6. The Morgan fingerprint density at radius 1 is 1.61 bits per heavy atom. The number of rotatable bonds is 3. The van der Waals surface area contributed by atoms with Crippen LogP contribution in [0.4, 0.5) is 10.5 Å². The fourth-order valence-corrected chi connectivity index (χ4v) is 3.18. The van der Waals surface area contributed by atoms with Crippen molar-refractivity contribution in [1.29, 1.82) is 0 Å². The van der Waals surface area contributed by atoms with E-state index in [1.807, 2.05) is 20.8 Å². The molecule has 9 nitrogen and oxygen atoms in total. The normalized spacial score (nSPS) is 25.1. The van der Waals surface area contributed by atoms with Gasteiger partial charge < -0.3 is 15.2 Å². The molecule has 0 bridgehead atoms.